The van der Waals surface area contributed by atoms with Gasteiger partial charge in [-0.25, -0.2) is 0 Å². The molecule has 6 heteroatoms. The molecule has 154 valence electrons. The zero-order valence-corrected chi connectivity index (χ0v) is 18.8. The second-order valence-electron chi connectivity index (χ2n) is 7.87. The molecule has 0 saturated heterocycles. The highest BCUT2D eigenvalue weighted by atomic mass is 32.1. The minimum atomic E-state index is -0.119. The molecule has 0 fully saturated rings. The third-order valence-corrected chi connectivity index (χ3v) is 7.66. The average Bonchev–Trinajstić information content (AvgIpc) is 3.46. The Morgan fingerprint density at radius 2 is 1.93 bits per heavy atom. The number of nitrogens with one attached hydrogen (secondary N) is 2. The van der Waals surface area contributed by atoms with Crippen LogP contribution in [0.1, 0.15) is 64.2 Å². The van der Waals surface area contributed by atoms with Crippen molar-refractivity contribution in [2.24, 2.45) is 0 Å². The lowest BCUT2D eigenvalue weighted by atomic mass is 9.98. The first-order valence-electron chi connectivity index (χ1n) is 10.3. The summed E-state index contributed by atoms with van der Waals surface area (Å²) in [6.07, 6.45) is 3.05. The summed E-state index contributed by atoms with van der Waals surface area (Å²) in [5.41, 5.74) is 4.23. The Bertz CT molecular complexity index is 1060. The van der Waals surface area contributed by atoms with Crippen molar-refractivity contribution in [3.05, 3.63) is 73.8 Å². The summed E-state index contributed by atoms with van der Waals surface area (Å²) in [5.74, 6) is 0.367. The van der Waals surface area contributed by atoms with E-state index in [1.165, 1.54) is 15.3 Å². The maximum Gasteiger partial charge on any atom is 0.238 e. The summed E-state index contributed by atoms with van der Waals surface area (Å²) in [5, 5.41) is 18.7. The van der Waals surface area contributed by atoms with Crippen LogP contribution in [0.2, 0.25) is 0 Å². The number of carbonyl (C=O) groups excluding carboxylic acids is 1. The highest BCUT2D eigenvalue weighted by molar-refractivity contribution is 7.16. The van der Waals surface area contributed by atoms with Gasteiger partial charge < -0.3 is 5.32 Å². The standard InChI is InChI=1S/C24H25N3OS2/c1-15(2)16-8-10-17(11-9-16)23(21-7-4-12-29-21)26-14-22(28)27-24-19(13-25)18-5-3-6-20(18)30-24/h4,7-12,15,23,26H,3,5-6,14H2,1-2H3,(H,27,28)/t23-/m1/s1. The Kier molecular flexibility index (Phi) is 6.33. The minimum Gasteiger partial charge on any atom is -0.315 e. The number of hydrogen-bond donors (Lipinski definition) is 2. The molecule has 1 atom stereocenters. The topological polar surface area (TPSA) is 64.9 Å². The molecule has 4 rings (SSSR count). The number of nitriles is 1. The van der Waals surface area contributed by atoms with Crippen molar-refractivity contribution in [3.8, 4) is 6.07 Å². The minimum absolute atomic E-state index is 0.0410. The van der Waals surface area contributed by atoms with Gasteiger partial charge in [0.2, 0.25) is 5.91 Å². The largest absolute Gasteiger partial charge is 0.315 e. The van der Waals surface area contributed by atoms with Crippen LogP contribution in [0.25, 0.3) is 0 Å². The molecule has 0 spiro atoms. The summed E-state index contributed by atoms with van der Waals surface area (Å²) in [7, 11) is 0. The monoisotopic (exact) mass is 435 g/mol. The number of rotatable bonds is 7. The summed E-state index contributed by atoms with van der Waals surface area (Å²) in [4.78, 5) is 15.1. The second-order valence-corrected chi connectivity index (χ2v) is 9.96. The maximum absolute atomic E-state index is 12.7. The number of anilines is 1. The van der Waals surface area contributed by atoms with Gasteiger partial charge in [-0.15, -0.1) is 22.7 Å². The van der Waals surface area contributed by atoms with Crippen molar-refractivity contribution >= 4 is 33.6 Å². The van der Waals surface area contributed by atoms with E-state index >= 15 is 0 Å². The molecule has 30 heavy (non-hydrogen) atoms. The summed E-state index contributed by atoms with van der Waals surface area (Å²) in [6, 6.07) is 15.0. The number of aryl methyl sites for hydroxylation is 1. The number of benzene rings is 1. The van der Waals surface area contributed by atoms with Crippen molar-refractivity contribution in [2.75, 3.05) is 11.9 Å². The molecule has 1 aromatic carbocycles. The third-order valence-electron chi connectivity index (χ3n) is 5.52. The Labute approximate surface area is 185 Å². The van der Waals surface area contributed by atoms with Gasteiger partial charge in [0.25, 0.3) is 0 Å². The van der Waals surface area contributed by atoms with E-state index in [9.17, 15) is 10.1 Å². The van der Waals surface area contributed by atoms with E-state index in [2.05, 4.69) is 66.3 Å². The molecule has 1 aliphatic carbocycles. The van der Waals surface area contributed by atoms with Crippen LogP contribution in [0.3, 0.4) is 0 Å². The van der Waals surface area contributed by atoms with Gasteiger partial charge in [-0.05, 0) is 53.3 Å². The van der Waals surface area contributed by atoms with E-state index in [1.54, 1.807) is 22.7 Å². The normalized spacial score (nSPS) is 13.8. The first-order chi connectivity index (χ1) is 14.6. The molecule has 0 aliphatic heterocycles. The van der Waals surface area contributed by atoms with Crippen LogP contribution < -0.4 is 10.6 Å². The zero-order chi connectivity index (χ0) is 21.1. The predicted molar refractivity (Wildman–Crippen MR) is 124 cm³/mol. The molecule has 0 bridgehead atoms. The predicted octanol–water partition coefficient (Wildman–Crippen LogP) is 5.61. The first-order valence-corrected chi connectivity index (χ1v) is 12.0. The van der Waals surface area contributed by atoms with Crippen molar-refractivity contribution in [1.29, 1.82) is 5.26 Å². The number of amides is 1. The van der Waals surface area contributed by atoms with Crippen LogP contribution >= 0.6 is 22.7 Å². The third kappa shape index (κ3) is 4.34. The van der Waals surface area contributed by atoms with E-state index in [0.717, 1.165) is 30.4 Å². The van der Waals surface area contributed by atoms with Crippen LogP contribution in [0.15, 0.2) is 41.8 Å². The number of thiophene rings is 2. The first kappa shape index (κ1) is 20.8. The number of nitrogens with zero attached hydrogens (tertiary/aromatic N) is 1. The highest BCUT2D eigenvalue weighted by Crippen LogP contribution is 2.38. The van der Waals surface area contributed by atoms with Gasteiger partial charge >= 0.3 is 0 Å². The van der Waals surface area contributed by atoms with Gasteiger partial charge in [0.1, 0.15) is 11.1 Å². The molecular formula is C24H25N3OS2. The molecule has 2 aromatic heterocycles. The molecule has 2 N–H and O–H groups in total. The van der Waals surface area contributed by atoms with Gasteiger partial charge in [-0.2, -0.15) is 5.26 Å². The molecule has 0 saturated carbocycles. The van der Waals surface area contributed by atoms with Crippen LogP contribution in [-0.4, -0.2) is 12.5 Å². The van der Waals surface area contributed by atoms with Gasteiger partial charge in [0.15, 0.2) is 0 Å². The van der Waals surface area contributed by atoms with E-state index in [4.69, 9.17) is 0 Å². The molecule has 4 nitrogen and oxygen atoms in total. The Morgan fingerprint density at radius 1 is 1.17 bits per heavy atom. The summed E-state index contributed by atoms with van der Waals surface area (Å²) < 4.78 is 0. The number of fused-ring (bicyclic) bond motifs is 1. The SMILES string of the molecule is CC(C)c1ccc([C@@H](NCC(=O)Nc2sc3c(c2C#N)CCC3)c2cccs2)cc1. The molecule has 2 heterocycles. The van der Waals surface area contributed by atoms with Crippen LogP contribution in [0.4, 0.5) is 5.00 Å². The fourth-order valence-electron chi connectivity index (χ4n) is 3.89. The Hall–Kier alpha value is -2.46. The van der Waals surface area contributed by atoms with Crippen LogP contribution in [0.5, 0.6) is 0 Å². The number of hydrogen-bond acceptors (Lipinski definition) is 5. The lowest BCUT2D eigenvalue weighted by molar-refractivity contribution is -0.115. The Balaban J connectivity index is 1.47. The average molecular weight is 436 g/mol. The van der Waals surface area contributed by atoms with E-state index in [-0.39, 0.29) is 18.5 Å². The van der Waals surface area contributed by atoms with Crippen LogP contribution in [-0.2, 0) is 17.6 Å². The molecule has 1 amide bonds. The van der Waals surface area contributed by atoms with Gasteiger partial charge in [-0.3, -0.25) is 10.1 Å². The van der Waals surface area contributed by atoms with E-state index < -0.39 is 0 Å². The van der Waals surface area contributed by atoms with E-state index in [0.29, 0.717) is 16.5 Å². The van der Waals surface area contributed by atoms with Gasteiger partial charge in [-0.1, -0.05) is 44.2 Å². The van der Waals surface area contributed by atoms with Crippen LogP contribution in [0, 0.1) is 11.3 Å². The molecule has 3 aromatic rings. The van der Waals surface area contributed by atoms with Crippen molar-refractivity contribution < 1.29 is 4.79 Å². The smallest absolute Gasteiger partial charge is 0.238 e. The van der Waals surface area contributed by atoms with Gasteiger partial charge in [0, 0.05) is 9.75 Å². The van der Waals surface area contributed by atoms with Crippen molar-refractivity contribution in [2.45, 2.75) is 45.1 Å². The summed E-state index contributed by atoms with van der Waals surface area (Å²) in [6.45, 7) is 4.55. The molecule has 1 aliphatic rings. The summed E-state index contributed by atoms with van der Waals surface area (Å²) >= 11 is 3.23. The maximum atomic E-state index is 12.7. The zero-order valence-electron chi connectivity index (χ0n) is 17.2. The quantitative estimate of drug-likeness (QED) is 0.507. The fourth-order valence-corrected chi connectivity index (χ4v) is 5.97. The highest BCUT2D eigenvalue weighted by Gasteiger charge is 2.23. The molecule has 0 unspecified atom stereocenters. The van der Waals surface area contributed by atoms with Gasteiger partial charge in [0.05, 0.1) is 18.2 Å². The van der Waals surface area contributed by atoms with Crippen molar-refractivity contribution in [3.63, 3.8) is 0 Å². The second kappa shape index (κ2) is 9.13. The lowest BCUT2D eigenvalue weighted by Gasteiger charge is -2.19. The lowest BCUT2D eigenvalue weighted by Crippen LogP contribution is -2.31. The molecular weight excluding hydrogens is 410 g/mol. The fraction of sp³-hybridized carbons (Fsp3) is 0.333. The molecule has 0 radical (unpaired) electrons. The Morgan fingerprint density at radius 3 is 2.60 bits per heavy atom. The number of carbonyl (C=O) groups is 1. The van der Waals surface area contributed by atoms with E-state index in [1.807, 2.05) is 6.07 Å². The van der Waals surface area contributed by atoms with Crippen molar-refractivity contribution in [1.82, 2.24) is 5.32 Å².